The van der Waals surface area contributed by atoms with Crippen LogP contribution in [0.5, 0.6) is 0 Å². The van der Waals surface area contributed by atoms with Crippen LogP contribution in [0.3, 0.4) is 0 Å². The fourth-order valence-corrected chi connectivity index (χ4v) is 6.91. The van der Waals surface area contributed by atoms with Gasteiger partial charge in [0.25, 0.3) is 0 Å². The molecule has 0 aliphatic carbocycles. The van der Waals surface area contributed by atoms with Crippen molar-refractivity contribution in [2.24, 2.45) is 0 Å². The molecule has 0 aromatic heterocycles. The topological polar surface area (TPSA) is 32.5 Å². The molecule has 0 heterocycles. The molecule has 0 unspecified atom stereocenters. The summed E-state index contributed by atoms with van der Waals surface area (Å²) in [4.78, 5) is 4.74. The Kier molecular flexibility index (Phi) is 7.08. The highest BCUT2D eigenvalue weighted by Crippen LogP contribution is 2.47. The third-order valence-corrected chi connectivity index (χ3v) is 8.98. The average Bonchev–Trinajstić information content (AvgIpc) is 3.09. The maximum Gasteiger partial charge on any atom is 0.0546 e. The minimum absolute atomic E-state index is 0.732. The second kappa shape index (κ2) is 11.7. The first-order valence-electron chi connectivity index (χ1n) is 16.1. The first-order chi connectivity index (χ1) is 23.0. The monoisotopic (exact) mass is 605 g/mol. The predicted molar refractivity (Wildman–Crippen MR) is 202 cm³/mol. The standard InChI is InChI=1S/C44H35N3/c1-30-13-10-18-34(25-30)47(35-19-11-14-31(2)26-35)44-29-42-37-21-6-8-23-39(37)43(28-41(42)38-22-7-9-24-40(38)44)46(33-16-4-3-5-17-33)36-20-12-15-32(45)27-36/h3-29H,45H2,1-2H3. The summed E-state index contributed by atoms with van der Waals surface area (Å²) in [5.41, 5.74) is 16.2. The van der Waals surface area contributed by atoms with Gasteiger partial charge in [0, 0.05) is 39.2 Å². The predicted octanol–water partition coefficient (Wildman–Crippen LogP) is 12.3. The molecular weight excluding hydrogens is 571 g/mol. The SMILES string of the molecule is Cc1cccc(N(c2cccc(C)c2)c2cc3c4ccccc4c(N(c4ccccc4)c4cccc(N)c4)cc3c3ccccc23)c1. The van der Waals surface area contributed by atoms with Crippen molar-refractivity contribution in [3.05, 3.63) is 175 Å². The number of para-hydroxylation sites is 1. The van der Waals surface area contributed by atoms with Gasteiger partial charge < -0.3 is 15.5 Å². The summed E-state index contributed by atoms with van der Waals surface area (Å²) in [5.74, 6) is 0. The summed E-state index contributed by atoms with van der Waals surface area (Å²) >= 11 is 0. The van der Waals surface area contributed by atoms with Crippen LogP contribution in [0.4, 0.5) is 39.8 Å². The molecule has 0 radical (unpaired) electrons. The Morgan fingerprint density at radius 3 is 1.23 bits per heavy atom. The van der Waals surface area contributed by atoms with Gasteiger partial charge in [-0.2, -0.15) is 0 Å². The lowest BCUT2D eigenvalue weighted by Gasteiger charge is -2.30. The molecule has 0 aliphatic heterocycles. The fourth-order valence-electron chi connectivity index (χ4n) is 6.91. The van der Waals surface area contributed by atoms with Gasteiger partial charge in [0.2, 0.25) is 0 Å². The Balaban J connectivity index is 1.48. The summed E-state index contributed by atoms with van der Waals surface area (Å²) in [5, 5.41) is 7.19. The van der Waals surface area contributed by atoms with Gasteiger partial charge in [-0.05, 0) is 113 Å². The van der Waals surface area contributed by atoms with E-state index in [-0.39, 0.29) is 0 Å². The van der Waals surface area contributed by atoms with Crippen LogP contribution in [-0.4, -0.2) is 0 Å². The number of anilines is 7. The number of benzene rings is 8. The maximum absolute atomic E-state index is 6.36. The first-order valence-corrected chi connectivity index (χ1v) is 16.1. The van der Waals surface area contributed by atoms with Crippen molar-refractivity contribution in [1.82, 2.24) is 0 Å². The van der Waals surface area contributed by atoms with E-state index in [0.717, 1.165) is 39.8 Å². The number of nitrogens with two attached hydrogens (primary N) is 1. The van der Waals surface area contributed by atoms with Crippen LogP contribution < -0.4 is 15.5 Å². The van der Waals surface area contributed by atoms with Gasteiger partial charge in [-0.25, -0.2) is 0 Å². The third kappa shape index (κ3) is 5.12. The number of aryl methyl sites for hydroxylation is 2. The van der Waals surface area contributed by atoms with E-state index in [4.69, 9.17) is 5.73 Å². The summed E-state index contributed by atoms with van der Waals surface area (Å²) in [6.45, 7) is 4.31. The van der Waals surface area contributed by atoms with E-state index in [9.17, 15) is 0 Å². The maximum atomic E-state index is 6.36. The number of fused-ring (bicyclic) bond motifs is 5. The Labute approximate surface area is 275 Å². The number of nitrogens with zero attached hydrogens (tertiary/aromatic N) is 2. The van der Waals surface area contributed by atoms with E-state index >= 15 is 0 Å². The lowest BCUT2D eigenvalue weighted by Crippen LogP contribution is -2.12. The van der Waals surface area contributed by atoms with Crippen LogP contribution in [-0.2, 0) is 0 Å². The zero-order valence-electron chi connectivity index (χ0n) is 26.6. The van der Waals surface area contributed by atoms with Crippen molar-refractivity contribution >= 4 is 72.1 Å². The molecule has 0 amide bonds. The van der Waals surface area contributed by atoms with E-state index in [1.807, 2.05) is 12.1 Å². The van der Waals surface area contributed by atoms with Crippen molar-refractivity contribution in [1.29, 1.82) is 0 Å². The van der Waals surface area contributed by atoms with Gasteiger partial charge >= 0.3 is 0 Å². The molecule has 226 valence electrons. The number of rotatable bonds is 6. The van der Waals surface area contributed by atoms with Crippen molar-refractivity contribution in [3.63, 3.8) is 0 Å². The highest BCUT2D eigenvalue weighted by Gasteiger charge is 2.22. The molecule has 0 fully saturated rings. The van der Waals surface area contributed by atoms with Gasteiger partial charge in [0.15, 0.2) is 0 Å². The zero-order chi connectivity index (χ0) is 31.9. The van der Waals surface area contributed by atoms with Crippen molar-refractivity contribution in [2.45, 2.75) is 13.8 Å². The molecule has 3 heteroatoms. The van der Waals surface area contributed by atoms with Crippen LogP contribution in [0.2, 0.25) is 0 Å². The van der Waals surface area contributed by atoms with E-state index in [2.05, 4.69) is 175 Å². The Bertz CT molecular complexity index is 2370. The molecule has 2 N–H and O–H groups in total. The molecule has 0 bridgehead atoms. The molecule has 0 saturated heterocycles. The molecule has 8 aromatic carbocycles. The van der Waals surface area contributed by atoms with E-state index < -0.39 is 0 Å². The summed E-state index contributed by atoms with van der Waals surface area (Å²) in [6, 6.07) is 58.6. The zero-order valence-corrected chi connectivity index (χ0v) is 26.6. The van der Waals surface area contributed by atoms with Crippen LogP contribution >= 0.6 is 0 Å². The van der Waals surface area contributed by atoms with Gasteiger partial charge in [0.1, 0.15) is 0 Å². The molecule has 0 saturated carbocycles. The highest BCUT2D eigenvalue weighted by atomic mass is 15.2. The van der Waals surface area contributed by atoms with Crippen LogP contribution in [0.15, 0.2) is 164 Å². The number of hydrogen-bond donors (Lipinski definition) is 1. The molecule has 0 aliphatic rings. The molecule has 0 atom stereocenters. The summed E-state index contributed by atoms with van der Waals surface area (Å²) in [6.07, 6.45) is 0. The smallest absolute Gasteiger partial charge is 0.0546 e. The Morgan fingerprint density at radius 1 is 0.340 bits per heavy atom. The minimum Gasteiger partial charge on any atom is -0.399 e. The number of hydrogen-bond acceptors (Lipinski definition) is 3. The number of nitrogen functional groups attached to an aromatic ring is 1. The first kappa shape index (κ1) is 28.4. The van der Waals surface area contributed by atoms with Gasteiger partial charge in [-0.15, -0.1) is 0 Å². The average molecular weight is 606 g/mol. The normalized spacial score (nSPS) is 11.3. The summed E-state index contributed by atoms with van der Waals surface area (Å²) < 4.78 is 0. The molecule has 0 spiro atoms. The van der Waals surface area contributed by atoms with Crippen molar-refractivity contribution in [2.75, 3.05) is 15.5 Å². The summed E-state index contributed by atoms with van der Waals surface area (Å²) in [7, 11) is 0. The van der Waals surface area contributed by atoms with Crippen LogP contribution in [0.25, 0.3) is 32.3 Å². The van der Waals surface area contributed by atoms with Gasteiger partial charge in [-0.1, -0.05) is 97.1 Å². The largest absolute Gasteiger partial charge is 0.399 e. The molecular formula is C44H35N3. The molecule has 8 rings (SSSR count). The highest BCUT2D eigenvalue weighted by molar-refractivity contribution is 6.24. The molecule has 8 aromatic rings. The molecule has 3 nitrogen and oxygen atoms in total. The van der Waals surface area contributed by atoms with Crippen LogP contribution in [0, 0.1) is 13.8 Å². The van der Waals surface area contributed by atoms with Crippen molar-refractivity contribution in [3.8, 4) is 0 Å². The van der Waals surface area contributed by atoms with Gasteiger partial charge in [-0.3, -0.25) is 0 Å². The van der Waals surface area contributed by atoms with E-state index in [1.54, 1.807) is 0 Å². The second-order valence-electron chi connectivity index (χ2n) is 12.3. The second-order valence-corrected chi connectivity index (χ2v) is 12.3. The van der Waals surface area contributed by atoms with E-state index in [1.165, 1.54) is 43.4 Å². The Hall–Kier alpha value is -6.06. The quantitative estimate of drug-likeness (QED) is 0.151. The third-order valence-electron chi connectivity index (χ3n) is 8.98. The van der Waals surface area contributed by atoms with Crippen molar-refractivity contribution < 1.29 is 0 Å². The minimum atomic E-state index is 0.732. The van der Waals surface area contributed by atoms with Gasteiger partial charge in [0.05, 0.1) is 11.4 Å². The van der Waals surface area contributed by atoms with E-state index in [0.29, 0.717) is 0 Å². The Morgan fingerprint density at radius 2 is 0.745 bits per heavy atom. The molecule has 47 heavy (non-hydrogen) atoms. The fraction of sp³-hybridized carbons (Fsp3) is 0.0455. The van der Waals surface area contributed by atoms with Crippen LogP contribution in [0.1, 0.15) is 11.1 Å². The lowest BCUT2D eigenvalue weighted by molar-refractivity contribution is 1.27. The lowest BCUT2D eigenvalue weighted by atomic mass is 9.93.